The molecule has 4 aromatic rings. The molecule has 132 valence electrons. The number of para-hydroxylation sites is 2. The second-order valence-corrected chi connectivity index (χ2v) is 6.07. The standard InChI is InChI=1S/C23H18N2O2/c1-27-22-13-6-5-11-19(22)20-15-17(21-12-7-8-14-24-21)16-25(23(20)26)18-9-3-2-4-10-18/h2-16H,1H3. The molecule has 2 aromatic carbocycles. The third-order valence-corrected chi connectivity index (χ3v) is 4.41. The Labute approximate surface area is 157 Å². The Hall–Kier alpha value is -3.66. The summed E-state index contributed by atoms with van der Waals surface area (Å²) in [6.45, 7) is 0. The van der Waals surface area contributed by atoms with Crippen molar-refractivity contribution in [2.24, 2.45) is 0 Å². The molecule has 0 radical (unpaired) electrons. The SMILES string of the molecule is COc1ccccc1-c1cc(-c2ccccn2)cn(-c2ccccc2)c1=O. The van der Waals surface area contributed by atoms with Crippen LogP contribution < -0.4 is 10.3 Å². The van der Waals surface area contributed by atoms with E-state index >= 15 is 0 Å². The molecule has 0 aliphatic rings. The van der Waals surface area contributed by atoms with Crippen LogP contribution in [-0.4, -0.2) is 16.7 Å². The highest BCUT2D eigenvalue weighted by Gasteiger charge is 2.15. The fourth-order valence-electron chi connectivity index (χ4n) is 3.10. The van der Waals surface area contributed by atoms with Gasteiger partial charge in [0.2, 0.25) is 0 Å². The molecule has 0 fully saturated rings. The van der Waals surface area contributed by atoms with Gasteiger partial charge in [-0.3, -0.25) is 14.3 Å². The van der Waals surface area contributed by atoms with Crippen molar-refractivity contribution in [3.05, 3.63) is 102 Å². The Kier molecular flexibility index (Phi) is 4.54. The molecule has 0 aliphatic heterocycles. The first kappa shape index (κ1) is 16.8. The summed E-state index contributed by atoms with van der Waals surface area (Å²) < 4.78 is 7.14. The van der Waals surface area contributed by atoms with Gasteiger partial charge in [0, 0.05) is 29.2 Å². The van der Waals surface area contributed by atoms with Gasteiger partial charge in [-0.1, -0.05) is 42.5 Å². The number of methoxy groups -OCH3 is 1. The zero-order valence-electron chi connectivity index (χ0n) is 14.9. The molecule has 0 unspecified atom stereocenters. The molecule has 0 N–H and O–H groups in total. The molecule has 0 amide bonds. The summed E-state index contributed by atoms with van der Waals surface area (Å²) >= 11 is 0. The predicted octanol–water partition coefficient (Wildman–Crippen LogP) is 4.58. The lowest BCUT2D eigenvalue weighted by atomic mass is 10.0. The summed E-state index contributed by atoms with van der Waals surface area (Å²) in [4.78, 5) is 17.8. The molecule has 0 saturated carbocycles. The summed E-state index contributed by atoms with van der Waals surface area (Å²) in [5.41, 5.74) is 3.69. The third-order valence-electron chi connectivity index (χ3n) is 4.41. The van der Waals surface area contributed by atoms with E-state index in [2.05, 4.69) is 4.98 Å². The van der Waals surface area contributed by atoms with E-state index in [0.717, 1.165) is 22.5 Å². The first-order valence-electron chi connectivity index (χ1n) is 8.65. The number of nitrogens with zero attached hydrogens (tertiary/aromatic N) is 2. The average Bonchev–Trinajstić information content (AvgIpc) is 2.75. The van der Waals surface area contributed by atoms with Crippen molar-refractivity contribution in [3.63, 3.8) is 0 Å². The van der Waals surface area contributed by atoms with E-state index in [9.17, 15) is 4.79 Å². The number of hydrogen-bond acceptors (Lipinski definition) is 3. The summed E-state index contributed by atoms with van der Waals surface area (Å²) in [6.07, 6.45) is 3.58. The minimum atomic E-state index is -0.106. The predicted molar refractivity (Wildman–Crippen MR) is 107 cm³/mol. The van der Waals surface area contributed by atoms with Gasteiger partial charge in [0.1, 0.15) is 5.75 Å². The number of aromatic nitrogens is 2. The van der Waals surface area contributed by atoms with Crippen molar-refractivity contribution in [2.45, 2.75) is 0 Å². The van der Waals surface area contributed by atoms with Crippen molar-refractivity contribution in [2.75, 3.05) is 7.11 Å². The molecule has 2 aromatic heterocycles. The first-order chi connectivity index (χ1) is 13.3. The number of ether oxygens (including phenoxy) is 1. The van der Waals surface area contributed by atoms with Crippen LogP contribution in [0.1, 0.15) is 0 Å². The van der Waals surface area contributed by atoms with Crippen molar-refractivity contribution < 1.29 is 4.74 Å². The van der Waals surface area contributed by atoms with Gasteiger partial charge in [-0.25, -0.2) is 0 Å². The molecule has 0 saturated heterocycles. The van der Waals surface area contributed by atoms with Crippen LogP contribution in [-0.2, 0) is 0 Å². The number of benzene rings is 2. The van der Waals surface area contributed by atoms with E-state index < -0.39 is 0 Å². The lowest BCUT2D eigenvalue weighted by Gasteiger charge is -2.14. The molecule has 4 rings (SSSR count). The van der Waals surface area contributed by atoms with Crippen LogP contribution in [0.15, 0.2) is 96.1 Å². The normalized spacial score (nSPS) is 10.6. The summed E-state index contributed by atoms with van der Waals surface area (Å²) in [5.74, 6) is 0.660. The lowest BCUT2D eigenvalue weighted by molar-refractivity contribution is 0.416. The molecule has 2 heterocycles. The molecule has 27 heavy (non-hydrogen) atoms. The van der Waals surface area contributed by atoms with Crippen molar-refractivity contribution >= 4 is 0 Å². The molecule has 0 spiro atoms. The van der Waals surface area contributed by atoms with E-state index in [-0.39, 0.29) is 5.56 Å². The molecule has 0 bridgehead atoms. The first-order valence-corrected chi connectivity index (χ1v) is 8.65. The minimum absolute atomic E-state index is 0.106. The van der Waals surface area contributed by atoms with E-state index in [0.29, 0.717) is 11.3 Å². The number of hydrogen-bond donors (Lipinski definition) is 0. The highest BCUT2D eigenvalue weighted by atomic mass is 16.5. The zero-order valence-corrected chi connectivity index (χ0v) is 14.9. The number of rotatable bonds is 4. The van der Waals surface area contributed by atoms with Crippen LogP contribution in [0, 0.1) is 0 Å². The van der Waals surface area contributed by atoms with Gasteiger partial charge >= 0.3 is 0 Å². The lowest BCUT2D eigenvalue weighted by Crippen LogP contribution is -2.20. The highest BCUT2D eigenvalue weighted by Crippen LogP contribution is 2.30. The Morgan fingerprint density at radius 2 is 1.59 bits per heavy atom. The van der Waals surface area contributed by atoms with E-state index in [1.807, 2.05) is 85.1 Å². The Bertz CT molecular complexity index is 1120. The van der Waals surface area contributed by atoms with Crippen LogP contribution in [0.5, 0.6) is 5.75 Å². The largest absolute Gasteiger partial charge is 0.496 e. The van der Waals surface area contributed by atoms with Crippen LogP contribution in [0.25, 0.3) is 28.1 Å². The minimum Gasteiger partial charge on any atom is -0.496 e. The Morgan fingerprint density at radius 1 is 0.852 bits per heavy atom. The highest BCUT2D eigenvalue weighted by molar-refractivity contribution is 5.74. The monoisotopic (exact) mass is 354 g/mol. The van der Waals surface area contributed by atoms with Crippen molar-refractivity contribution in [3.8, 4) is 33.8 Å². The number of pyridine rings is 2. The quantitative estimate of drug-likeness (QED) is 0.539. The molecule has 4 heteroatoms. The van der Waals surface area contributed by atoms with Crippen LogP contribution >= 0.6 is 0 Å². The average molecular weight is 354 g/mol. The topological polar surface area (TPSA) is 44.1 Å². The summed E-state index contributed by atoms with van der Waals surface area (Å²) in [5, 5.41) is 0. The molecule has 0 aliphatic carbocycles. The van der Waals surface area contributed by atoms with Crippen molar-refractivity contribution in [1.29, 1.82) is 0 Å². The van der Waals surface area contributed by atoms with E-state index in [1.165, 1.54) is 0 Å². The fourth-order valence-corrected chi connectivity index (χ4v) is 3.10. The van der Waals surface area contributed by atoms with Crippen LogP contribution in [0.3, 0.4) is 0 Å². The second-order valence-electron chi connectivity index (χ2n) is 6.07. The maximum atomic E-state index is 13.3. The second kappa shape index (κ2) is 7.30. The van der Waals surface area contributed by atoms with Gasteiger partial charge in [0.15, 0.2) is 0 Å². The third kappa shape index (κ3) is 3.25. The van der Waals surface area contributed by atoms with Crippen molar-refractivity contribution in [1.82, 2.24) is 9.55 Å². The van der Waals surface area contributed by atoms with Gasteiger partial charge in [-0.15, -0.1) is 0 Å². The van der Waals surface area contributed by atoms with Crippen LogP contribution in [0.4, 0.5) is 0 Å². The summed E-state index contributed by atoms with van der Waals surface area (Å²) in [7, 11) is 1.61. The fraction of sp³-hybridized carbons (Fsp3) is 0.0435. The maximum absolute atomic E-state index is 13.3. The van der Waals surface area contributed by atoms with E-state index in [1.54, 1.807) is 17.9 Å². The van der Waals surface area contributed by atoms with Crippen LogP contribution in [0.2, 0.25) is 0 Å². The van der Waals surface area contributed by atoms with Gasteiger partial charge in [-0.05, 0) is 36.4 Å². The maximum Gasteiger partial charge on any atom is 0.263 e. The van der Waals surface area contributed by atoms with Gasteiger partial charge in [0.05, 0.1) is 18.4 Å². The van der Waals surface area contributed by atoms with Gasteiger partial charge < -0.3 is 4.74 Å². The van der Waals surface area contributed by atoms with Gasteiger partial charge in [-0.2, -0.15) is 0 Å². The Morgan fingerprint density at radius 3 is 2.33 bits per heavy atom. The summed E-state index contributed by atoms with van der Waals surface area (Å²) in [6, 6.07) is 24.7. The van der Waals surface area contributed by atoms with Gasteiger partial charge in [0.25, 0.3) is 5.56 Å². The molecule has 0 atom stereocenters. The molecule has 4 nitrogen and oxygen atoms in total. The smallest absolute Gasteiger partial charge is 0.263 e. The molecular formula is C23H18N2O2. The van der Waals surface area contributed by atoms with E-state index in [4.69, 9.17) is 4.74 Å². The molecular weight excluding hydrogens is 336 g/mol. The zero-order chi connectivity index (χ0) is 18.6. The Balaban J connectivity index is 2.02.